The Morgan fingerprint density at radius 2 is 1.53 bits per heavy atom. The van der Waals surface area contributed by atoms with E-state index < -0.39 is 6.04 Å². The molecular weight excluding hydrogens is 472 g/mol. The smallest absolute Gasteiger partial charge is 0.243 e. The second kappa shape index (κ2) is 13.7. The monoisotopic (exact) mass is 506 g/mol. The number of amides is 2. The van der Waals surface area contributed by atoms with Gasteiger partial charge in [0.25, 0.3) is 0 Å². The summed E-state index contributed by atoms with van der Waals surface area (Å²) in [6, 6.07) is 24.0. The maximum absolute atomic E-state index is 13.7. The largest absolute Gasteiger partial charge is 0.497 e. The average molecular weight is 507 g/mol. The van der Waals surface area contributed by atoms with Gasteiger partial charge in [0.1, 0.15) is 11.8 Å². The van der Waals surface area contributed by atoms with Crippen LogP contribution in [0.4, 0.5) is 0 Å². The molecule has 1 atom stereocenters. The molecule has 0 aliphatic heterocycles. The highest BCUT2D eigenvalue weighted by molar-refractivity contribution is 6.30. The highest BCUT2D eigenvalue weighted by Crippen LogP contribution is 2.19. The Kier molecular flexibility index (Phi) is 10.4. The van der Waals surface area contributed by atoms with Crippen molar-refractivity contribution in [3.8, 4) is 5.75 Å². The van der Waals surface area contributed by atoms with Gasteiger partial charge in [-0.1, -0.05) is 80.0 Å². The molecule has 0 heterocycles. The van der Waals surface area contributed by atoms with Crippen LogP contribution in [0.5, 0.6) is 5.75 Å². The lowest BCUT2D eigenvalue weighted by Gasteiger charge is -2.32. The van der Waals surface area contributed by atoms with Crippen molar-refractivity contribution in [2.24, 2.45) is 5.92 Å². The lowest BCUT2D eigenvalue weighted by atomic mass is 10.0. The van der Waals surface area contributed by atoms with E-state index in [4.69, 9.17) is 16.3 Å². The minimum absolute atomic E-state index is 0.118. The highest BCUT2D eigenvalue weighted by atomic mass is 35.5. The molecule has 0 radical (unpaired) electrons. The van der Waals surface area contributed by atoms with Crippen LogP contribution in [-0.4, -0.2) is 36.4 Å². The molecule has 1 N–H and O–H groups in total. The number of hydrogen-bond donors (Lipinski definition) is 1. The maximum atomic E-state index is 13.7. The number of carbonyl (C=O) groups is 2. The van der Waals surface area contributed by atoms with Gasteiger partial charge in [0.05, 0.1) is 13.5 Å². The van der Waals surface area contributed by atoms with Crippen molar-refractivity contribution in [2.45, 2.75) is 45.7 Å². The molecule has 3 aromatic rings. The lowest BCUT2D eigenvalue weighted by Crippen LogP contribution is -2.51. The van der Waals surface area contributed by atoms with E-state index in [-0.39, 0.29) is 18.2 Å². The zero-order valence-corrected chi connectivity index (χ0v) is 22.0. The molecule has 0 unspecified atom stereocenters. The normalized spacial score (nSPS) is 11.7. The van der Waals surface area contributed by atoms with Crippen molar-refractivity contribution in [2.75, 3.05) is 13.7 Å². The molecule has 0 fully saturated rings. The van der Waals surface area contributed by atoms with Crippen LogP contribution in [0.15, 0.2) is 78.9 Å². The summed E-state index contributed by atoms with van der Waals surface area (Å²) in [4.78, 5) is 29.0. The number of halogens is 1. The maximum Gasteiger partial charge on any atom is 0.243 e. The third-order valence-electron chi connectivity index (χ3n) is 6.07. The third kappa shape index (κ3) is 8.42. The second-order valence-electron chi connectivity index (χ2n) is 9.35. The molecule has 0 bridgehead atoms. The van der Waals surface area contributed by atoms with Crippen LogP contribution in [0.2, 0.25) is 5.02 Å². The van der Waals surface area contributed by atoms with Gasteiger partial charge < -0.3 is 15.0 Å². The van der Waals surface area contributed by atoms with Gasteiger partial charge in [-0.3, -0.25) is 9.59 Å². The molecule has 3 aromatic carbocycles. The van der Waals surface area contributed by atoms with Gasteiger partial charge in [-0.05, 0) is 53.3 Å². The molecule has 5 nitrogen and oxygen atoms in total. The quantitative estimate of drug-likeness (QED) is 0.343. The molecule has 0 aliphatic rings. The zero-order valence-electron chi connectivity index (χ0n) is 21.2. The summed E-state index contributed by atoms with van der Waals surface area (Å²) in [5, 5.41) is 3.69. The van der Waals surface area contributed by atoms with E-state index in [0.29, 0.717) is 30.5 Å². The van der Waals surface area contributed by atoms with Gasteiger partial charge >= 0.3 is 0 Å². The van der Waals surface area contributed by atoms with Gasteiger partial charge in [0.15, 0.2) is 0 Å². The van der Waals surface area contributed by atoms with Crippen molar-refractivity contribution in [3.05, 3.63) is 101 Å². The number of methoxy groups -OCH3 is 1. The summed E-state index contributed by atoms with van der Waals surface area (Å²) in [6.07, 6.45) is 1.48. The van der Waals surface area contributed by atoms with Crippen molar-refractivity contribution in [3.63, 3.8) is 0 Å². The number of carbonyl (C=O) groups excluding carboxylic acids is 2. The molecule has 0 saturated heterocycles. The number of rotatable bonds is 12. The van der Waals surface area contributed by atoms with Crippen LogP contribution < -0.4 is 10.1 Å². The molecule has 0 aromatic heterocycles. The van der Waals surface area contributed by atoms with E-state index in [1.54, 1.807) is 24.1 Å². The Balaban J connectivity index is 1.92. The summed E-state index contributed by atoms with van der Waals surface area (Å²) >= 11 is 6.04. The van der Waals surface area contributed by atoms with Gasteiger partial charge in [-0.15, -0.1) is 0 Å². The summed E-state index contributed by atoms with van der Waals surface area (Å²) < 4.78 is 5.28. The van der Waals surface area contributed by atoms with E-state index in [1.165, 1.54) is 0 Å². The van der Waals surface area contributed by atoms with Crippen LogP contribution in [0, 0.1) is 5.92 Å². The molecular formula is C30H35ClN2O3. The topological polar surface area (TPSA) is 58.6 Å². The van der Waals surface area contributed by atoms with Crippen molar-refractivity contribution in [1.29, 1.82) is 0 Å². The van der Waals surface area contributed by atoms with E-state index in [9.17, 15) is 9.59 Å². The first-order chi connectivity index (χ1) is 17.4. The fraction of sp³-hybridized carbons (Fsp3) is 0.333. The van der Waals surface area contributed by atoms with Crippen LogP contribution in [0.25, 0.3) is 0 Å². The van der Waals surface area contributed by atoms with Crippen LogP contribution in [-0.2, 0) is 29.0 Å². The third-order valence-corrected chi connectivity index (χ3v) is 6.32. The van der Waals surface area contributed by atoms with Gasteiger partial charge in [0.2, 0.25) is 11.8 Å². The lowest BCUT2D eigenvalue weighted by molar-refractivity contribution is -0.140. The summed E-state index contributed by atoms with van der Waals surface area (Å²) in [6.45, 7) is 5.13. The number of benzene rings is 3. The highest BCUT2D eigenvalue weighted by Gasteiger charge is 2.30. The van der Waals surface area contributed by atoms with Gasteiger partial charge in [-0.2, -0.15) is 0 Å². The first-order valence-electron chi connectivity index (χ1n) is 12.3. The molecule has 36 heavy (non-hydrogen) atoms. The Bertz CT molecular complexity index is 1100. The SMILES string of the molecule is COc1ccc(CN(C(=O)Cc2ccc(Cl)cc2)[C@@H](Cc2ccccc2)C(=O)NCCC(C)C)cc1. The van der Waals surface area contributed by atoms with E-state index in [1.807, 2.05) is 66.7 Å². The second-order valence-corrected chi connectivity index (χ2v) is 9.79. The van der Waals surface area contributed by atoms with Gasteiger partial charge in [-0.25, -0.2) is 0 Å². The van der Waals surface area contributed by atoms with Crippen molar-refractivity contribution < 1.29 is 14.3 Å². The molecule has 0 spiro atoms. The molecule has 0 aliphatic carbocycles. The van der Waals surface area contributed by atoms with E-state index in [2.05, 4.69) is 19.2 Å². The van der Waals surface area contributed by atoms with Crippen molar-refractivity contribution >= 4 is 23.4 Å². The minimum atomic E-state index is -0.651. The van der Waals surface area contributed by atoms with Crippen LogP contribution >= 0.6 is 11.6 Å². The Labute approximate surface area is 219 Å². The number of nitrogens with zero attached hydrogens (tertiary/aromatic N) is 1. The number of nitrogens with one attached hydrogen (secondary N) is 1. The molecule has 0 saturated carbocycles. The summed E-state index contributed by atoms with van der Waals surface area (Å²) in [5.74, 6) is 0.954. The number of hydrogen-bond acceptors (Lipinski definition) is 3. The van der Waals surface area contributed by atoms with E-state index >= 15 is 0 Å². The Hall–Kier alpha value is -3.31. The Morgan fingerprint density at radius 1 is 0.889 bits per heavy atom. The predicted molar refractivity (Wildman–Crippen MR) is 145 cm³/mol. The molecule has 2 amide bonds. The van der Waals surface area contributed by atoms with Gasteiger partial charge in [0, 0.05) is 24.5 Å². The zero-order chi connectivity index (χ0) is 25.9. The first-order valence-corrected chi connectivity index (χ1v) is 12.7. The Morgan fingerprint density at radius 3 is 2.14 bits per heavy atom. The fourth-order valence-electron chi connectivity index (χ4n) is 3.96. The number of ether oxygens (including phenoxy) is 1. The molecule has 6 heteroatoms. The average Bonchev–Trinajstić information content (AvgIpc) is 2.88. The summed E-state index contributed by atoms with van der Waals surface area (Å²) in [7, 11) is 1.62. The fourth-order valence-corrected chi connectivity index (χ4v) is 4.09. The van der Waals surface area contributed by atoms with Crippen LogP contribution in [0.1, 0.15) is 37.0 Å². The molecule has 190 valence electrons. The molecule has 3 rings (SSSR count). The van der Waals surface area contributed by atoms with E-state index in [0.717, 1.165) is 28.9 Å². The van der Waals surface area contributed by atoms with Crippen molar-refractivity contribution in [1.82, 2.24) is 10.2 Å². The van der Waals surface area contributed by atoms with Crippen LogP contribution in [0.3, 0.4) is 0 Å². The predicted octanol–water partition coefficient (Wildman–Crippen LogP) is 5.69. The first kappa shape index (κ1) is 27.3. The minimum Gasteiger partial charge on any atom is -0.497 e. The standard InChI is InChI=1S/C30H35ClN2O3/c1-22(2)17-18-32-30(35)28(19-23-7-5-4-6-8-23)33(21-25-11-15-27(36-3)16-12-25)29(34)20-24-9-13-26(31)14-10-24/h4-16,22,28H,17-21H2,1-3H3,(H,32,35)/t28-/m0/s1. The summed E-state index contributed by atoms with van der Waals surface area (Å²) in [5.41, 5.74) is 2.77.